The van der Waals surface area contributed by atoms with Gasteiger partial charge in [-0.05, 0) is 25.1 Å². The van der Waals surface area contributed by atoms with Crippen LogP contribution in [0, 0.1) is 11.8 Å². The SMILES string of the molecule is CC1COC(C2CC(F)C(N=C=S)C(F)C2)OC1. The van der Waals surface area contributed by atoms with Gasteiger partial charge in [0.15, 0.2) is 6.29 Å². The van der Waals surface area contributed by atoms with Crippen molar-refractivity contribution in [3.05, 3.63) is 0 Å². The van der Waals surface area contributed by atoms with Gasteiger partial charge in [-0.25, -0.2) is 13.8 Å². The van der Waals surface area contributed by atoms with Crippen LogP contribution in [-0.2, 0) is 9.47 Å². The van der Waals surface area contributed by atoms with E-state index in [2.05, 4.69) is 22.4 Å². The number of isothiocyanates is 1. The molecule has 1 heterocycles. The van der Waals surface area contributed by atoms with E-state index in [0.29, 0.717) is 19.1 Å². The van der Waals surface area contributed by atoms with E-state index in [4.69, 9.17) is 9.47 Å². The molecule has 2 rings (SSSR count). The molecule has 1 aliphatic heterocycles. The maximum absolute atomic E-state index is 13.8. The van der Waals surface area contributed by atoms with Crippen LogP contribution in [0.5, 0.6) is 0 Å². The molecule has 1 saturated carbocycles. The fraction of sp³-hybridized carbons (Fsp3) is 0.917. The Bertz CT molecular complexity index is 318. The molecule has 2 fully saturated rings. The molecule has 0 spiro atoms. The normalized spacial score (nSPS) is 45.3. The predicted molar refractivity (Wildman–Crippen MR) is 66.2 cm³/mol. The monoisotopic (exact) mass is 277 g/mol. The number of halogens is 2. The van der Waals surface area contributed by atoms with Crippen LogP contribution < -0.4 is 0 Å². The minimum Gasteiger partial charge on any atom is -0.352 e. The topological polar surface area (TPSA) is 30.8 Å². The second kappa shape index (κ2) is 6.15. The second-order valence-electron chi connectivity index (χ2n) is 5.11. The Morgan fingerprint density at radius 3 is 2.22 bits per heavy atom. The number of aliphatic imine (C=N–C) groups is 1. The molecular formula is C12H17F2NO2S. The van der Waals surface area contributed by atoms with Crippen molar-refractivity contribution in [2.45, 2.75) is 44.4 Å². The average Bonchev–Trinajstić information content (AvgIpc) is 2.34. The van der Waals surface area contributed by atoms with Crippen LogP contribution in [0.15, 0.2) is 4.99 Å². The van der Waals surface area contributed by atoms with Crippen molar-refractivity contribution in [2.24, 2.45) is 16.8 Å². The zero-order chi connectivity index (χ0) is 13.1. The van der Waals surface area contributed by atoms with Gasteiger partial charge < -0.3 is 9.47 Å². The molecule has 1 saturated heterocycles. The second-order valence-corrected chi connectivity index (χ2v) is 5.30. The highest BCUT2D eigenvalue weighted by Gasteiger charge is 2.42. The lowest BCUT2D eigenvalue weighted by Gasteiger charge is -2.38. The molecule has 3 nitrogen and oxygen atoms in total. The third kappa shape index (κ3) is 3.12. The van der Waals surface area contributed by atoms with Crippen LogP contribution >= 0.6 is 12.2 Å². The first-order valence-corrected chi connectivity index (χ1v) is 6.61. The standard InChI is InChI=1S/C12H17F2NO2S/c1-7-4-16-12(17-5-7)8-2-9(13)11(15-6-18)10(14)3-8/h7-12H,2-5H2,1H3. The van der Waals surface area contributed by atoms with Gasteiger partial charge in [-0.1, -0.05) is 6.92 Å². The van der Waals surface area contributed by atoms with Crippen LogP contribution in [0.2, 0.25) is 0 Å². The summed E-state index contributed by atoms with van der Waals surface area (Å²) in [5.74, 6) is 0.0819. The largest absolute Gasteiger partial charge is 0.352 e. The Balaban J connectivity index is 1.95. The summed E-state index contributed by atoms with van der Waals surface area (Å²) < 4.78 is 38.7. The number of ether oxygens (including phenoxy) is 2. The molecular weight excluding hydrogens is 260 g/mol. The van der Waals surface area contributed by atoms with Gasteiger partial charge in [0.25, 0.3) is 0 Å². The van der Waals surface area contributed by atoms with Crippen molar-refractivity contribution in [2.75, 3.05) is 13.2 Å². The predicted octanol–water partition coefficient (Wildman–Crippen LogP) is 2.55. The fourth-order valence-corrected chi connectivity index (χ4v) is 2.63. The van der Waals surface area contributed by atoms with Crippen LogP contribution in [0.4, 0.5) is 8.78 Å². The van der Waals surface area contributed by atoms with E-state index in [1.807, 2.05) is 6.92 Å². The lowest BCUT2D eigenvalue weighted by Crippen LogP contribution is -2.45. The zero-order valence-electron chi connectivity index (χ0n) is 10.2. The third-order valence-corrected chi connectivity index (χ3v) is 3.58. The minimum atomic E-state index is -1.35. The molecule has 0 amide bonds. The summed E-state index contributed by atoms with van der Waals surface area (Å²) in [5, 5.41) is 2.06. The Morgan fingerprint density at radius 1 is 1.17 bits per heavy atom. The first-order valence-electron chi connectivity index (χ1n) is 6.20. The first-order chi connectivity index (χ1) is 8.61. The molecule has 0 aromatic heterocycles. The molecule has 102 valence electrons. The molecule has 2 aliphatic rings. The highest BCUT2D eigenvalue weighted by Crippen LogP contribution is 2.35. The third-order valence-electron chi connectivity index (χ3n) is 3.47. The molecule has 0 aromatic rings. The molecule has 1 aliphatic carbocycles. The fourth-order valence-electron chi connectivity index (χ4n) is 2.51. The summed E-state index contributed by atoms with van der Waals surface area (Å²) in [7, 11) is 0. The van der Waals surface area contributed by atoms with Crippen molar-refractivity contribution in [1.82, 2.24) is 0 Å². The maximum Gasteiger partial charge on any atom is 0.160 e. The summed E-state index contributed by atoms with van der Waals surface area (Å²) >= 11 is 4.41. The van der Waals surface area contributed by atoms with Crippen molar-refractivity contribution >= 4 is 17.4 Å². The van der Waals surface area contributed by atoms with Crippen molar-refractivity contribution in [1.29, 1.82) is 0 Å². The van der Waals surface area contributed by atoms with Crippen molar-refractivity contribution in [3.8, 4) is 0 Å². The number of thiocarbonyl (C=S) groups is 1. The van der Waals surface area contributed by atoms with Gasteiger partial charge in [0.2, 0.25) is 0 Å². The van der Waals surface area contributed by atoms with Gasteiger partial charge in [0, 0.05) is 11.8 Å². The molecule has 0 radical (unpaired) electrons. The van der Waals surface area contributed by atoms with E-state index in [-0.39, 0.29) is 18.8 Å². The Labute approximate surface area is 111 Å². The van der Waals surface area contributed by atoms with Crippen molar-refractivity contribution < 1.29 is 18.3 Å². The zero-order valence-corrected chi connectivity index (χ0v) is 11.0. The molecule has 0 bridgehead atoms. The lowest BCUT2D eigenvalue weighted by molar-refractivity contribution is -0.231. The van der Waals surface area contributed by atoms with Crippen LogP contribution in [0.1, 0.15) is 19.8 Å². The van der Waals surface area contributed by atoms with E-state index in [9.17, 15) is 8.78 Å². The summed E-state index contributed by atoms with van der Waals surface area (Å²) in [6.45, 7) is 3.17. The van der Waals surface area contributed by atoms with Gasteiger partial charge in [0.05, 0.1) is 18.4 Å². The van der Waals surface area contributed by atoms with Gasteiger partial charge in [-0.2, -0.15) is 0 Å². The first kappa shape index (κ1) is 14.0. The molecule has 6 heteroatoms. The lowest BCUT2D eigenvalue weighted by atomic mass is 9.83. The molecule has 2 atom stereocenters. The van der Waals surface area contributed by atoms with Gasteiger partial charge in [0.1, 0.15) is 18.4 Å². The van der Waals surface area contributed by atoms with Crippen molar-refractivity contribution in [3.63, 3.8) is 0 Å². The highest BCUT2D eigenvalue weighted by molar-refractivity contribution is 7.78. The van der Waals surface area contributed by atoms with Crippen LogP contribution in [0.25, 0.3) is 0 Å². The van der Waals surface area contributed by atoms with Crippen LogP contribution in [0.3, 0.4) is 0 Å². The van der Waals surface area contributed by atoms with E-state index >= 15 is 0 Å². The summed E-state index contributed by atoms with van der Waals surface area (Å²) in [5.41, 5.74) is 0. The summed E-state index contributed by atoms with van der Waals surface area (Å²) in [6.07, 6.45) is -2.79. The number of alkyl halides is 2. The quantitative estimate of drug-likeness (QED) is 0.574. The number of rotatable bonds is 2. The van der Waals surface area contributed by atoms with E-state index in [1.54, 1.807) is 0 Å². The molecule has 2 unspecified atom stereocenters. The Hall–Kier alpha value is -0.420. The smallest absolute Gasteiger partial charge is 0.160 e. The van der Waals surface area contributed by atoms with Gasteiger partial charge in [-0.3, -0.25) is 0 Å². The average molecular weight is 277 g/mol. The number of hydrogen-bond donors (Lipinski definition) is 0. The Kier molecular flexibility index (Phi) is 4.78. The number of hydrogen-bond acceptors (Lipinski definition) is 4. The molecule has 0 N–H and O–H groups in total. The highest BCUT2D eigenvalue weighted by atomic mass is 32.1. The van der Waals surface area contributed by atoms with Gasteiger partial charge in [-0.15, -0.1) is 0 Å². The minimum absolute atomic E-state index is 0.199. The van der Waals surface area contributed by atoms with E-state index < -0.39 is 24.7 Å². The number of nitrogens with zero attached hydrogens (tertiary/aromatic N) is 1. The summed E-state index contributed by atoms with van der Waals surface area (Å²) in [4.78, 5) is 3.57. The van der Waals surface area contributed by atoms with E-state index in [0.717, 1.165) is 0 Å². The Morgan fingerprint density at radius 2 is 1.72 bits per heavy atom. The summed E-state index contributed by atoms with van der Waals surface area (Å²) in [6, 6.07) is -1.01. The van der Waals surface area contributed by atoms with Gasteiger partial charge >= 0.3 is 0 Å². The van der Waals surface area contributed by atoms with E-state index in [1.165, 1.54) is 0 Å². The molecule has 18 heavy (non-hydrogen) atoms. The molecule has 0 aromatic carbocycles. The van der Waals surface area contributed by atoms with Crippen LogP contribution in [-0.4, -0.2) is 43.1 Å². The maximum atomic E-state index is 13.8.